The molecule has 1 nitrogen and oxygen atoms in total. The van der Waals surface area contributed by atoms with Gasteiger partial charge in [0, 0.05) is 16.6 Å². The highest BCUT2D eigenvalue weighted by Crippen LogP contribution is 2.31. The van der Waals surface area contributed by atoms with E-state index in [1.807, 2.05) is 0 Å². The van der Waals surface area contributed by atoms with Crippen molar-refractivity contribution in [1.82, 2.24) is 4.98 Å². The highest BCUT2D eigenvalue weighted by atomic mass is 14.7. The van der Waals surface area contributed by atoms with Crippen LogP contribution in [0.1, 0.15) is 30.2 Å². The van der Waals surface area contributed by atoms with Crippen molar-refractivity contribution in [2.45, 2.75) is 33.1 Å². The number of fused-ring (bicyclic) bond motifs is 3. The van der Waals surface area contributed by atoms with E-state index in [-0.39, 0.29) is 0 Å². The monoisotopic (exact) mass is 199 g/mol. The fourth-order valence-electron chi connectivity index (χ4n) is 2.71. The predicted octanol–water partition coefficient (Wildman–Crippen LogP) is 3.60. The Labute approximate surface area is 90.5 Å². The summed E-state index contributed by atoms with van der Waals surface area (Å²) in [7, 11) is 0. The third kappa shape index (κ3) is 1.38. The van der Waals surface area contributed by atoms with Crippen molar-refractivity contribution in [2.24, 2.45) is 5.92 Å². The van der Waals surface area contributed by atoms with Gasteiger partial charge < -0.3 is 4.98 Å². The van der Waals surface area contributed by atoms with Crippen LogP contribution in [0.4, 0.5) is 0 Å². The fraction of sp³-hybridized carbons (Fsp3) is 0.429. The molecular weight excluding hydrogens is 182 g/mol. The van der Waals surface area contributed by atoms with E-state index in [9.17, 15) is 0 Å². The summed E-state index contributed by atoms with van der Waals surface area (Å²) in [5.41, 5.74) is 5.72. The molecule has 1 N–H and O–H groups in total. The molecule has 1 heterocycles. The van der Waals surface area contributed by atoms with Crippen LogP contribution in [-0.4, -0.2) is 4.98 Å². The summed E-state index contributed by atoms with van der Waals surface area (Å²) in [5, 5.41) is 1.45. The molecule has 0 spiro atoms. The lowest BCUT2D eigenvalue weighted by Crippen LogP contribution is -2.09. The standard InChI is InChI=1S/C14H17N/c1-9-4-6-13-12(7-9)11-5-3-10(2)8-14(11)15-13/h3,5,8-9,15H,4,6-7H2,1-2H3. The Kier molecular flexibility index (Phi) is 1.88. The van der Waals surface area contributed by atoms with Crippen LogP contribution in [0.25, 0.3) is 10.9 Å². The van der Waals surface area contributed by atoms with Crippen molar-refractivity contribution in [3.63, 3.8) is 0 Å². The van der Waals surface area contributed by atoms with Crippen molar-refractivity contribution >= 4 is 10.9 Å². The van der Waals surface area contributed by atoms with Gasteiger partial charge in [-0.05, 0) is 49.3 Å². The fourth-order valence-corrected chi connectivity index (χ4v) is 2.71. The second-order valence-electron chi connectivity index (χ2n) is 4.98. The van der Waals surface area contributed by atoms with Crippen LogP contribution in [0.2, 0.25) is 0 Å². The van der Waals surface area contributed by atoms with Gasteiger partial charge in [0.15, 0.2) is 0 Å². The Morgan fingerprint density at radius 1 is 1.33 bits per heavy atom. The van der Waals surface area contributed by atoms with Crippen LogP contribution < -0.4 is 0 Å². The Morgan fingerprint density at radius 3 is 3.07 bits per heavy atom. The van der Waals surface area contributed by atoms with Gasteiger partial charge in [0.25, 0.3) is 0 Å². The molecule has 1 aliphatic rings. The molecule has 0 bridgehead atoms. The third-order valence-corrected chi connectivity index (χ3v) is 3.59. The zero-order valence-electron chi connectivity index (χ0n) is 9.43. The van der Waals surface area contributed by atoms with E-state index in [0.29, 0.717) is 0 Å². The van der Waals surface area contributed by atoms with Crippen molar-refractivity contribution in [1.29, 1.82) is 0 Å². The minimum atomic E-state index is 0.845. The van der Waals surface area contributed by atoms with E-state index in [4.69, 9.17) is 0 Å². The van der Waals surface area contributed by atoms with Gasteiger partial charge in [-0.3, -0.25) is 0 Å². The number of aryl methyl sites for hydroxylation is 2. The van der Waals surface area contributed by atoms with E-state index in [1.165, 1.54) is 41.4 Å². The lowest BCUT2D eigenvalue weighted by atomic mass is 9.88. The molecule has 0 saturated carbocycles. The van der Waals surface area contributed by atoms with Crippen molar-refractivity contribution < 1.29 is 0 Å². The second-order valence-corrected chi connectivity index (χ2v) is 4.98. The number of benzene rings is 1. The SMILES string of the molecule is Cc1ccc2c3c([nH]c2c1)CCC(C)C3. The van der Waals surface area contributed by atoms with E-state index >= 15 is 0 Å². The second kappa shape index (κ2) is 3.13. The maximum atomic E-state index is 3.58. The highest BCUT2D eigenvalue weighted by molar-refractivity contribution is 5.85. The molecule has 0 amide bonds. The van der Waals surface area contributed by atoms with Gasteiger partial charge in [-0.15, -0.1) is 0 Å². The molecule has 1 aromatic heterocycles. The topological polar surface area (TPSA) is 15.8 Å². The zero-order valence-corrected chi connectivity index (χ0v) is 9.43. The van der Waals surface area contributed by atoms with Gasteiger partial charge in [-0.1, -0.05) is 19.1 Å². The van der Waals surface area contributed by atoms with Gasteiger partial charge in [-0.2, -0.15) is 0 Å². The first kappa shape index (κ1) is 9.02. The molecule has 1 aliphatic carbocycles. The van der Waals surface area contributed by atoms with Gasteiger partial charge in [0.05, 0.1) is 0 Å². The van der Waals surface area contributed by atoms with E-state index in [1.54, 1.807) is 5.56 Å². The third-order valence-electron chi connectivity index (χ3n) is 3.59. The molecule has 2 aromatic rings. The van der Waals surface area contributed by atoms with Crippen LogP contribution in [0.3, 0.4) is 0 Å². The number of hydrogen-bond donors (Lipinski definition) is 1. The lowest BCUT2D eigenvalue weighted by Gasteiger charge is -2.17. The lowest BCUT2D eigenvalue weighted by molar-refractivity contribution is 0.499. The average molecular weight is 199 g/mol. The molecule has 1 aromatic carbocycles. The smallest absolute Gasteiger partial charge is 0.0461 e. The zero-order chi connectivity index (χ0) is 10.4. The molecule has 0 saturated heterocycles. The van der Waals surface area contributed by atoms with Gasteiger partial charge in [-0.25, -0.2) is 0 Å². The Bertz CT molecular complexity index is 507. The number of aromatic amines is 1. The molecule has 1 unspecified atom stereocenters. The van der Waals surface area contributed by atoms with Crippen molar-refractivity contribution in [3.8, 4) is 0 Å². The maximum Gasteiger partial charge on any atom is 0.0461 e. The Hall–Kier alpha value is -1.24. The van der Waals surface area contributed by atoms with Crippen LogP contribution in [-0.2, 0) is 12.8 Å². The first-order valence-corrected chi connectivity index (χ1v) is 5.84. The van der Waals surface area contributed by atoms with Crippen molar-refractivity contribution in [3.05, 3.63) is 35.0 Å². The molecular formula is C14H17N. The minimum absolute atomic E-state index is 0.845. The Balaban J connectivity index is 2.24. The van der Waals surface area contributed by atoms with Crippen LogP contribution in [0, 0.1) is 12.8 Å². The molecule has 3 rings (SSSR count). The molecule has 78 valence electrons. The molecule has 0 fully saturated rings. The van der Waals surface area contributed by atoms with Crippen LogP contribution in [0.15, 0.2) is 18.2 Å². The van der Waals surface area contributed by atoms with Gasteiger partial charge >= 0.3 is 0 Å². The maximum absolute atomic E-state index is 3.58. The summed E-state index contributed by atoms with van der Waals surface area (Å²) in [4.78, 5) is 3.58. The van der Waals surface area contributed by atoms with Gasteiger partial charge in [0.2, 0.25) is 0 Å². The van der Waals surface area contributed by atoms with Crippen LogP contribution >= 0.6 is 0 Å². The van der Waals surface area contributed by atoms with Crippen LogP contribution in [0.5, 0.6) is 0 Å². The molecule has 1 heteroatoms. The van der Waals surface area contributed by atoms with Crippen molar-refractivity contribution in [2.75, 3.05) is 0 Å². The van der Waals surface area contributed by atoms with E-state index in [0.717, 1.165) is 5.92 Å². The minimum Gasteiger partial charge on any atom is -0.358 e. The van der Waals surface area contributed by atoms with Gasteiger partial charge in [0.1, 0.15) is 0 Å². The highest BCUT2D eigenvalue weighted by Gasteiger charge is 2.19. The first-order chi connectivity index (χ1) is 7.24. The number of rotatable bonds is 0. The Morgan fingerprint density at radius 2 is 2.20 bits per heavy atom. The molecule has 0 aliphatic heterocycles. The molecule has 15 heavy (non-hydrogen) atoms. The summed E-state index contributed by atoms with van der Waals surface area (Å²) in [5.74, 6) is 0.845. The average Bonchev–Trinajstić information content (AvgIpc) is 2.54. The summed E-state index contributed by atoms with van der Waals surface area (Å²) in [6.45, 7) is 4.51. The summed E-state index contributed by atoms with van der Waals surface area (Å²) in [6.07, 6.45) is 3.81. The first-order valence-electron chi connectivity index (χ1n) is 5.84. The molecule has 1 atom stereocenters. The normalized spacial score (nSPS) is 20.5. The van der Waals surface area contributed by atoms with E-state index in [2.05, 4.69) is 37.0 Å². The number of hydrogen-bond acceptors (Lipinski definition) is 0. The predicted molar refractivity (Wildman–Crippen MR) is 64.2 cm³/mol. The number of aromatic nitrogens is 1. The largest absolute Gasteiger partial charge is 0.358 e. The number of H-pyrrole nitrogens is 1. The summed E-state index contributed by atoms with van der Waals surface area (Å²) in [6, 6.07) is 6.76. The summed E-state index contributed by atoms with van der Waals surface area (Å²) >= 11 is 0. The number of nitrogens with one attached hydrogen (secondary N) is 1. The summed E-state index contributed by atoms with van der Waals surface area (Å²) < 4.78 is 0. The quantitative estimate of drug-likeness (QED) is 0.667. The van der Waals surface area contributed by atoms with E-state index < -0.39 is 0 Å². The molecule has 0 radical (unpaired) electrons.